The van der Waals surface area contributed by atoms with Gasteiger partial charge < -0.3 is 20.6 Å². The lowest BCUT2D eigenvalue weighted by molar-refractivity contribution is -0.137. The fraction of sp³-hybridized carbons (Fsp3) is 0.389. The zero-order chi connectivity index (χ0) is 21.0. The molecule has 3 rings (SSSR count). The number of hydrogen-bond donors (Lipinski definition) is 3. The molecule has 0 saturated carbocycles. The minimum atomic E-state index is -4.65. The van der Waals surface area contributed by atoms with Crippen LogP contribution < -0.4 is 15.5 Å². The van der Waals surface area contributed by atoms with E-state index in [1.165, 1.54) is 4.90 Å². The summed E-state index contributed by atoms with van der Waals surface area (Å²) in [4.78, 5) is 20.5. The summed E-state index contributed by atoms with van der Waals surface area (Å²) in [6.07, 6.45) is -1.22. The first-order chi connectivity index (χ1) is 13.8. The van der Waals surface area contributed by atoms with Gasteiger partial charge in [-0.3, -0.25) is 4.79 Å². The van der Waals surface area contributed by atoms with Crippen molar-refractivity contribution in [3.8, 4) is 0 Å². The Morgan fingerprint density at radius 1 is 1.38 bits per heavy atom. The fourth-order valence-electron chi connectivity index (χ4n) is 2.95. The molecule has 11 heteroatoms. The van der Waals surface area contributed by atoms with Crippen LogP contribution >= 0.6 is 11.8 Å². The molecular formula is C18H20F3N5O2S. The van der Waals surface area contributed by atoms with E-state index in [1.807, 2.05) is 6.26 Å². The molecule has 1 aromatic carbocycles. The maximum atomic E-state index is 13.4. The third-order valence-corrected chi connectivity index (χ3v) is 5.00. The molecule has 1 amide bonds. The number of aliphatic hydroxyl groups is 1. The van der Waals surface area contributed by atoms with Crippen LogP contribution in [0.3, 0.4) is 0 Å². The molecule has 0 saturated heterocycles. The Morgan fingerprint density at radius 2 is 2.17 bits per heavy atom. The van der Waals surface area contributed by atoms with E-state index in [0.717, 1.165) is 11.3 Å². The molecule has 0 spiro atoms. The fourth-order valence-corrected chi connectivity index (χ4v) is 3.37. The summed E-state index contributed by atoms with van der Waals surface area (Å²) in [5, 5.41) is 15.2. The second-order valence-corrected chi connectivity index (χ2v) is 7.39. The Bertz CT molecular complexity index is 894. The number of amides is 1. The predicted octanol–water partition coefficient (Wildman–Crippen LogP) is 3.24. The van der Waals surface area contributed by atoms with Crippen molar-refractivity contribution >= 4 is 40.8 Å². The largest absolute Gasteiger partial charge is 0.421 e. The molecule has 1 aromatic heterocycles. The number of hydrogen-bond acceptors (Lipinski definition) is 7. The number of alkyl halides is 3. The smallest absolute Gasteiger partial charge is 0.376 e. The van der Waals surface area contributed by atoms with Crippen molar-refractivity contribution in [1.82, 2.24) is 9.97 Å². The summed E-state index contributed by atoms with van der Waals surface area (Å²) in [7, 11) is 0. The van der Waals surface area contributed by atoms with Crippen molar-refractivity contribution in [3.05, 3.63) is 35.5 Å². The third kappa shape index (κ3) is 5.10. The van der Waals surface area contributed by atoms with E-state index in [9.17, 15) is 23.1 Å². The van der Waals surface area contributed by atoms with Gasteiger partial charge in [0.15, 0.2) is 0 Å². The van der Waals surface area contributed by atoms with E-state index < -0.39 is 18.5 Å². The van der Waals surface area contributed by atoms with Crippen LogP contribution in [0.4, 0.5) is 36.3 Å². The van der Waals surface area contributed by atoms with Crippen molar-refractivity contribution in [2.24, 2.45) is 0 Å². The number of rotatable bonds is 8. The molecule has 2 aromatic rings. The molecule has 0 aliphatic carbocycles. The van der Waals surface area contributed by atoms with E-state index in [2.05, 4.69) is 20.6 Å². The monoisotopic (exact) mass is 427 g/mol. The number of carbonyl (C=O) groups excluding carboxylic acids is 1. The van der Waals surface area contributed by atoms with Crippen LogP contribution in [0, 0.1) is 0 Å². The SMILES string of the molecule is CSCCCN(CO)c1nc(Nc2ccc3c(c2)CC(=O)N3)ncc1C(F)(F)F. The molecule has 0 fully saturated rings. The molecule has 0 unspecified atom stereocenters. The van der Waals surface area contributed by atoms with Crippen molar-refractivity contribution in [3.63, 3.8) is 0 Å². The highest BCUT2D eigenvalue weighted by molar-refractivity contribution is 7.98. The van der Waals surface area contributed by atoms with Gasteiger partial charge in [-0.05, 0) is 42.2 Å². The van der Waals surface area contributed by atoms with Gasteiger partial charge in [0.05, 0.1) is 6.42 Å². The lowest BCUT2D eigenvalue weighted by Gasteiger charge is -2.24. The number of carbonyl (C=O) groups is 1. The standard InChI is InChI=1S/C18H20F3N5O2S/c1-29-6-2-5-26(10-27)16-13(18(19,20)21)9-22-17(25-16)23-12-3-4-14-11(7-12)8-15(28)24-14/h3-4,7,9,27H,2,5-6,8,10H2,1H3,(H,24,28)(H,22,23,25). The second-order valence-electron chi connectivity index (χ2n) is 6.40. The summed E-state index contributed by atoms with van der Waals surface area (Å²) >= 11 is 1.57. The van der Waals surface area contributed by atoms with Gasteiger partial charge in [0, 0.05) is 24.1 Å². The van der Waals surface area contributed by atoms with Crippen LogP contribution in [0.5, 0.6) is 0 Å². The Balaban J connectivity index is 1.88. The molecule has 1 aliphatic heterocycles. The summed E-state index contributed by atoms with van der Waals surface area (Å²) < 4.78 is 40.3. The quantitative estimate of drug-likeness (QED) is 0.440. The predicted molar refractivity (Wildman–Crippen MR) is 107 cm³/mol. The topological polar surface area (TPSA) is 90.4 Å². The summed E-state index contributed by atoms with van der Waals surface area (Å²) in [6, 6.07) is 5.10. The lowest BCUT2D eigenvalue weighted by atomic mass is 10.1. The van der Waals surface area contributed by atoms with Crippen LogP contribution in [0.25, 0.3) is 0 Å². The zero-order valence-electron chi connectivity index (χ0n) is 15.6. The summed E-state index contributed by atoms with van der Waals surface area (Å²) in [5.41, 5.74) is 1.02. The van der Waals surface area contributed by atoms with Gasteiger partial charge in [-0.1, -0.05) is 0 Å². The normalized spacial score (nSPS) is 13.2. The van der Waals surface area contributed by atoms with E-state index in [-0.39, 0.29) is 30.6 Å². The van der Waals surface area contributed by atoms with Gasteiger partial charge >= 0.3 is 6.18 Å². The number of nitrogens with one attached hydrogen (secondary N) is 2. The number of aromatic nitrogens is 2. The van der Waals surface area contributed by atoms with Gasteiger partial charge in [-0.25, -0.2) is 4.98 Å². The molecule has 29 heavy (non-hydrogen) atoms. The van der Waals surface area contributed by atoms with Crippen molar-refractivity contribution in [2.75, 3.05) is 40.8 Å². The summed E-state index contributed by atoms with van der Waals surface area (Å²) in [5.74, 6) is 0.217. The molecular weight excluding hydrogens is 407 g/mol. The van der Waals surface area contributed by atoms with Gasteiger partial charge in [-0.2, -0.15) is 29.9 Å². The highest BCUT2D eigenvalue weighted by Gasteiger charge is 2.36. The second kappa shape index (κ2) is 8.87. The molecule has 156 valence electrons. The van der Waals surface area contributed by atoms with Crippen molar-refractivity contribution in [2.45, 2.75) is 19.0 Å². The van der Waals surface area contributed by atoms with Crippen molar-refractivity contribution < 1.29 is 23.1 Å². The number of benzene rings is 1. The Labute approximate surface area is 169 Å². The maximum absolute atomic E-state index is 13.4. The molecule has 0 radical (unpaired) electrons. The highest BCUT2D eigenvalue weighted by atomic mass is 32.2. The number of anilines is 4. The minimum absolute atomic E-state index is 0.0338. The van der Waals surface area contributed by atoms with Gasteiger partial charge in [0.2, 0.25) is 11.9 Å². The number of thioether (sulfide) groups is 1. The first-order valence-corrected chi connectivity index (χ1v) is 10.2. The average molecular weight is 427 g/mol. The molecule has 7 nitrogen and oxygen atoms in total. The third-order valence-electron chi connectivity index (χ3n) is 4.31. The number of fused-ring (bicyclic) bond motifs is 1. The number of nitrogens with zero attached hydrogens (tertiary/aromatic N) is 3. The maximum Gasteiger partial charge on any atom is 0.421 e. The minimum Gasteiger partial charge on any atom is -0.376 e. The first kappa shape index (κ1) is 21.2. The van der Waals surface area contributed by atoms with E-state index in [1.54, 1.807) is 30.0 Å². The zero-order valence-corrected chi connectivity index (χ0v) is 16.4. The van der Waals surface area contributed by atoms with E-state index in [4.69, 9.17) is 0 Å². The van der Waals surface area contributed by atoms with E-state index in [0.29, 0.717) is 24.0 Å². The number of aliphatic hydroxyl groups excluding tert-OH is 1. The average Bonchev–Trinajstić information content (AvgIpc) is 3.03. The summed E-state index contributed by atoms with van der Waals surface area (Å²) in [6.45, 7) is -0.371. The van der Waals surface area contributed by atoms with Crippen LogP contribution in [0.15, 0.2) is 24.4 Å². The molecule has 3 N–H and O–H groups in total. The Hall–Kier alpha value is -2.53. The van der Waals surface area contributed by atoms with Crippen LogP contribution in [-0.4, -0.2) is 46.3 Å². The van der Waals surface area contributed by atoms with Crippen LogP contribution in [0.1, 0.15) is 17.5 Å². The van der Waals surface area contributed by atoms with Crippen molar-refractivity contribution in [1.29, 1.82) is 0 Å². The Morgan fingerprint density at radius 3 is 2.86 bits per heavy atom. The van der Waals surface area contributed by atoms with Crippen LogP contribution in [0.2, 0.25) is 0 Å². The molecule has 0 atom stereocenters. The first-order valence-electron chi connectivity index (χ1n) is 8.80. The van der Waals surface area contributed by atoms with Crippen LogP contribution in [-0.2, 0) is 17.4 Å². The Kier molecular flexibility index (Phi) is 6.48. The number of halogens is 3. The van der Waals surface area contributed by atoms with E-state index >= 15 is 0 Å². The van der Waals surface area contributed by atoms with Gasteiger partial charge in [-0.15, -0.1) is 0 Å². The van der Waals surface area contributed by atoms with Gasteiger partial charge in [0.1, 0.15) is 18.1 Å². The van der Waals surface area contributed by atoms with Gasteiger partial charge in [0.25, 0.3) is 0 Å². The molecule has 1 aliphatic rings. The lowest BCUT2D eigenvalue weighted by Crippen LogP contribution is -2.30. The molecule has 2 heterocycles. The molecule has 0 bridgehead atoms. The highest BCUT2D eigenvalue weighted by Crippen LogP contribution is 2.36.